The number of carboxylic acid groups (broad SMARTS) is 1. The Kier molecular flexibility index (Phi) is 4.82. The minimum atomic E-state index is -1.10. The smallest absolute Gasteiger partial charge is 0.358 e. The first-order chi connectivity index (χ1) is 12.0. The lowest BCUT2D eigenvalue weighted by Crippen LogP contribution is -2.41. The average Bonchev–Trinajstić information content (AvgIpc) is 3.21. The molecule has 1 N–H and O–H groups in total. The monoisotopic (exact) mass is 347 g/mol. The van der Waals surface area contributed by atoms with Crippen molar-refractivity contribution in [1.29, 1.82) is 0 Å². The standard InChI is InChI=1S/C16H21N5O4/c1-3-13-17-10(2)14(25-13)15(22)20-6-4-5-11(7-20)8-21-9-12(16(23)24)18-19-21/h9,11H,3-8H2,1-2H3,(H,23,24)/t11-/m0/s1. The normalized spacial score (nSPS) is 17.7. The minimum absolute atomic E-state index is 0.0758. The van der Waals surface area contributed by atoms with Crippen molar-refractivity contribution in [3.63, 3.8) is 0 Å². The van der Waals surface area contributed by atoms with Crippen LogP contribution in [0.5, 0.6) is 0 Å². The minimum Gasteiger partial charge on any atom is -0.476 e. The first-order valence-electron chi connectivity index (χ1n) is 8.37. The van der Waals surface area contributed by atoms with Crippen LogP contribution in [-0.4, -0.2) is 55.0 Å². The third kappa shape index (κ3) is 3.70. The number of amides is 1. The average molecular weight is 347 g/mol. The van der Waals surface area contributed by atoms with Crippen LogP contribution in [0, 0.1) is 12.8 Å². The number of aryl methyl sites for hydroxylation is 2. The number of carboxylic acids is 1. The maximum Gasteiger partial charge on any atom is 0.358 e. The summed E-state index contributed by atoms with van der Waals surface area (Å²) in [5.74, 6) is -0.169. The molecule has 1 amide bonds. The second-order valence-corrected chi connectivity index (χ2v) is 6.27. The fourth-order valence-corrected chi connectivity index (χ4v) is 3.09. The van der Waals surface area contributed by atoms with Crippen LogP contribution in [0.1, 0.15) is 52.4 Å². The molecule has 0 radical (unpaired) electrons. The maximum absolute atomic E-state index is 12.7. The number of hydrogen-bond donors (Lipinski definition) is 1. The number of aromatic carboxylic acids is 1. The zero-order chi connectivity index (χ0) is 18.0. The highest BCUT2D eigenvalue weighted by molar-refractivity contribution is 5.92. The predicted molar refractivity (Wildman–Crippen MR) is 86.2 cm³/mol. The molecule has 25 heavy (non-hydrogen) atoms. The van der Waals surface area contributed by atoms with Gasteiger partial charge in [0.15, 0.2) is 11.6 Å². The Balaban J connectivity index is 1.66. The van der Waals surface area contributed by atoms with Crippen molar-refractivity contribution < 1.29 is 19.1 Å². The van der Waals surface area contributed by atoms with Gasteiger partial charge in [0.25, 0.3) is 5.91 Å². The Morgan fingerprint density at radius 3 is 2.88 bits per heavy atom. The van der Waals surface area contributed by atoms with Crippen molar-refractivity contribution in [2.45, 2.75) is 39.7 Å². The highest BCUT2D eigenvalue weighted by Crippen LogP contribution is 2.22. The van der Waals surface area contributed by atoms with Gasteiger partial charge in [-0.3, -0.25) is 9.48 Å². The van der Waals surface area contributed by atoms with Crippen molar-refractivity contribution in [2.75, 3.05) is 13.1 Å². The fraction of sp³-hybridized carbons (Fsp3) is 0.562. The van der Waals surface area contributed by atoms with E-state index >= 15 is 0 Å². The molecule has 0 saturated carbocycles. The summed E-state index contributed by atoms with van der Waals surface area (Å²) in [6.45, 7) is 5.48. The molecule has 1 saturated heterocycles. The van der Waals surface area contributed by atoms with E-state index in [4.69, 9.17) is 9.52 Å². The summed E-state index contributed by atoms with van der Waals surface area (Å²) in [5.41, 5.74) is 0.541. The second-order valence-electron chi connectivity index (χ2n) is 6.27. The molecule has 1 fully saturated rings. The van der Waals surface area contributed by atoms with Crippen LogP contribution in [0.4, 0.5) is 0 Å². The first kappa shape index (κ1) is 17.1. The van der Waals surface area contributed by atoms with Gasteiger partial charge >= 0.3 is 5.97 Å². The molecule has 0 aromatic carbocycles. The molecule has 0 unspecified atom stereocenters. The summed E-state index contributed by atoms with van der Waals surface area (Å²) in [6, 6.07) is 0. The van der Waals surface area contributed by atoms with E-state index in [2.05, 4.69) is 15.3 Å². The van der Waals surface area contributed by atoms with Crippen molar-refractivity contribution >= 4 is 11.9 Å². The SMILES string of the molecule is CCc1nc(C)c(C(=O)N2CCC[C@H](Cn3cc(C(=O)O)nn3)C2)o1. The highest BCUT2D eigenvalue weighted by Gasteiger charge is 2.28. The Morgan fingerprint density at radius 1 is 1.44 bits per heavy atom. The number of oxazole rings is 1. The largest absolute Gasteiger partial charge is 0.476 e. The number of rotatable bonds is 5. The summed E-state index contributed by atoms with van der Waals surface area (Å²) in [6.07, 6.45) is 3.89. The van der Waals surface area contributed by atoms with Crippen LogP contribution < -0.4 is 0 Å². The van der Waals surface area contributed by atoms with E-state index in [0.717, 1.165) is 12.8 Å². The predicted octanol–water partition coefficient (Wildman–Crippen LogP) is 1.39. The van der Waals surface area contributed by atoms with Gasteiger partial charge in [-0.2, -0.15) is 0 Å². The van der Waals surface area contributed by atoms with Crippen LogP contribution in [0.15, 0.2) is 10.6 Å². The molecule has 1 atom stereocenters. The highest BCUT2D eigenvalue weighted by atomic mass is 16.4. The van der Waals surface area contributed by atoms with Gasteiger partial charge in [-0.15, -0.1) is 5.10 Å². The number of aromatic nitrogens is 4. The lowest BCUT2D eigenvalue weighted by molar-refractivity contribution is 0.0624. The molecule has 0 aliphatic carbocycles. The van der Waals surface area contributed by atoms with E-state index in [1.54, 1.807) is 11.8 Å². The zero-order valence-electron chi connectivity index (χ0n) is 14.3. The van der Waals surface area contributed by atoms with Crippen molar-refractivity contribution in [2.24, 2.45) is 5.92 Å². The third-order valence-electron chi connectivity index (χ3n) is 4.35. The summed E-state index contributed by atoms with van der Waals surface area (Å²) < 4.78 is 7.09. The Morgan fingerprint density at radius 2 is 2.24 bits per heavy atom. The van der Waals surface area contributed by atoms with E-state index in [0.29, 0.717) is 43.4 Å². The van der Waals surface area contributed by atoms with Crippen LogP contribution in [-0.2, 0) is 13.0 Å². The molecule has 2 aromatic rings. The van der Waals surface area contributed by atoms with Gasteiger partial charge in [-0.25, -0.2) is 9.78 Å². The zero-order valence-corrected chi connectivity index (χ0v) is 14.3. The first-order valence-corrected chi connectivity index (χ1v) is 8.37. The lowest BCUT2D eigenvalue weighted by atomic mass is 9.98. The van der Waals surface area contributed by atoms with Crippen LogP contribution >= 0.6 is 0 Å². The summed E-state index contributed by atoms with van der Waals surface area (Å²) in [4.78, 5) is 29.6. The van der Waals surface area contributed by atoms with E-state index < -0.39 is 5.97 Å². The molecule has 9 heteroatoms. The molecule has 9 nitrogen and oxygen atoms in total. The van der Waals surface area contributed by atoms with Crippen LogP contribution in [0.3, 0.4) is 0 Å². The maximum atomic E-state index is 12.7. The molecule has 3 heterocycles. The van der Waals surface area contributed by atoms with E-state index in [1.165, 1.54) is 10.9 Å². The quantitative estimate of drug-likeness (QED) is 0.869. The second kappa shape index (κ2) is 7.04. The van der Waals surface area contributed by atoms with Gasteiger partial charge in [0.2, 0.25) is 5.76 Å². The summed E-state index contributed by atoms with van der Waals surface area (Å²) in [7, 11) is 0. The third-order valence-corrected chi connectivity index (χ3v) is 4.35. The molecular weight excluding hydrogens is 326 g/mol. The van der Waals surface area contributed by atoms with Gasteiger partial charge in [0.1, 0.15) is 0 Å². The molecule has 0 spiro atoms. The number of likely N-dealkylation sites (tertiary alicyclic amines) is 1. The lowest BCUT2D eigenvalue weighted by Gasteiger charge is -2.32. The summed E-state index contributed by atoms with van der Waals surface area (Å²) >= 11 is 0. The Hall–Kier alpha value is -2.71. The van der Waals surface area contributed by atoms with E-state index in [1.807, 2.05) is 6.92 Å². The van der Waals surface area contributed by atoms with E-state index in [-0.39, 0.29) is 17.5 Å². The summed E-state index contributed by atoms with van der Waals surface area (Å²) in [5, 5.41) is 16.4. The van der Waals surface area contributed by atoms with Crippen LogP contribution in [0.25, 0.3) is 0 Å². The topological polar surface area (TPSA) is 114 Å². The van der Waals surface area contributed by atoms with E-state index in [9.17, 15) is 9.59 Å². The number of piperidine rings is 1. The number of hydrogen-bond acceptors (Lipinski definition) is 6. The van der Waals surface area contributed by atoms with Crippen LogP contribution in [0.2, 0.25) is 0 Å². The Bertz CT molecular complexity index is 781. The van der Waals surface area contributed by atoms with Crippen molar-refractivity contribution in [1.82, 2.24) is 24.9 Å². The number of carbonyl (C=O) groups excluding carboxylic acids is 1. The van der Waals surface area contributed by atoms with Gasteiger partial charge in [0, 0.05) is 26.1 Å². The Labute approximate surface area is 144 Å². The molecule has 1 aliphatic heterocycles. The van der Waals surface area contributed by atoms with Gasteiger partial charge in [-0.05, 0) is 25.7 Å². The molecule has 134 valence electrons. The van der Waals surface area contributed by atoms with Crippen molar-refractivity contribution in [3.8, 4) is 0 Å². The molecule has 1 aliphatic rings. The molecule has 3 rings (SSSR count). The molecule has 0 bridgehead atoms. The van der Waals surface area contributed by atoms with Gasteiger partial charge in [0.05, 0.1) is 11.9 Å². The molecular formula is C16H21N5O4. The number of nitrogens with zero attached hydrogens (tertiary/aromatic N) is 5. The van der Waals surface area contributed by atoms with Gasteiger partial charge < -0.3 is 14.4 Å². The van der Waals surface area contributed by atoms with Crippen molar-refractivity contribution in [3.05, 3.63) is 29.2 Å². The fourth-order valence-electron chi connectivity index (χ4n) is 3.09. The number of carbonyl (C=O) groups is 2. The molecule has 2 aromatic heterocycles. The van der Waals surface area contributed by atoms with Gasteiger partial charge in [-0.1, -0.05) is 12.1 Å².